The van der Waals surface area contributed by atoms with Crippen LogP contribution in [0.25, 0.3) is 0 Å². The lowest BCUT2D eigenvalue weighted by atomic mass is 9.82. The summed E-state index contributed by atoms with van der Waals surface area (Å²) in [5, 5.41) is 61.5. The number of aliphatic hydroxyl groups excluding tert-OH is 5. The highest BCUT2D eigenvalue weighted by molar-refractivity contribution is 6.72. The molecule has 2 fully saturated rings. The zero-order valence-electron chi connectivity index (χ0n) is 28.5. The predicted octanol–water partition coefficient (Wildman–Crippen LogP) is 1.54. The van der Waals surface area contributed by atoms with E-state index in [4.69, 9.17) is 9.47 Å². The largest absolute Gasteiger partial charge is 0.395 e. The van der Waals surface area contributed by atoms with Gasteiger partial charge >= 0.3 is 0 Å². The number of rotatable bonds is 11. The van der Waals surface area contributed by atoms with Crippen LogP contribution < -0.4 is 10.2 Å². The molecule has 3 aromatic rings. The summed E-state index contributed by atoms with van der Waals surface area (Å²) < 4.78 is 29.8. The third-order valence-electron chi connectivity index (χ3n) is 10.3. The molecule has 0 radical (unpaired) electrons. The van der Waals surface area contributed by atoms with Gasteiger partial charge in [-0.3, -0.25) is 14.3 Å². The number of aromatic nitrogens is 3. The van der Waals surface area contributed by atoms with E-state index >= 15 is 4.11 Å². The third-order valence-corrected chi connectivity index (χ3v) is 12.8. The number of nitrogens with one attached hydrogen (secondary N) is 1. The van der Waals surface area contributed by atoms with Crippen molar-refractivity contribution in [3.63, 3.8) is 0 Å². The van der Waals surface area contributed by atoms with E-state index in [9.17, 15) is 35.1 Å². The van der Waals surface area contributed by atoms with Crippen molar-refractivity contribution < 1.29 is 48.7 Å². The van der Waals surface area contributed by atoms with Crippen LogP contribution in [0.15, 0.2) is 67.4 Å². The van der Waals surface area contributed by atoms with Crippen LogP contribution in [0.5, 0.6) is 0 Å². The van der Waals surface area contributed by atoms with Gasteiger partial charge in [-0.2, -0.15) is 0 Å². The SMILES string of the molecule is C=CCN1C(=O)[C@]2(O[C@H](CCn3cc(C(CO)c4ccccc4)nn3)[C@@H]([Si](C)(C)F)[C@@H]2C)c2cc(NC(=O)[C@H]3O[C@@H](O)[C@H](O)[C@@H](O)[C@@H]3O)ccc21. The number of hydrogen-bond acceptors (Lipinski definition) is 11. The van der Waals surface area contributed by atoms with Crippen LogP contribution in [0, 0.1) is 5.92 Å². The van der Waals surface area contributed by atoms with E-state index in [2.05, 4.69) is 22.2 Å². The zero-order chi connectivity index (χ0) is 36.8. The van der Waals surface area contributed by atoms with Crippen LogP contribution in [0.1, 0.15) is 36.1 Å². The molecule has 1 spiro atoms. The maximum Gasteiger partial charge on any atom is 0.264 e. The van der Waals surface area contributed by atoms with E-state index < -0.39 is 68.2 Å². The highest BCUT2D eigenvalue weighted by Crippen LogP contribution is 2.60. The molecule has 6 rings (SSSR count). The molecule has 3 aliphatic rings. The standard InChI is InChI=1S/C35H44FN5O9Si/c1-5-14-41-25-12-11-21(37-32(46)30-28(44)27(43)29(45)33(47)49-30)16-23(25)35(34(41)48)19(2)31(51(3,4)36)26(50-35)13-15-40-17-24(38-39-40)22(18-42)20-9-7-6-8-10-20/h5-12,16-17,19,22,26-31,33,42-45,47H,1,13-15,18H2,2-4H3,(H,37,46)/t19-,22?,26+,27-,28-,29+,30-,31-,33+,35+/m0/s1. The van der Waals surface area contributed by atoms with E-state index in [0.29, 0.717) is 29.9 Å². The molecule has 3 aliphatic heterocycles. The summed E-state index contributed by atoms with van der Waals surface area (Å²) in [5.41, 5.74) is 0.362. The Bertz CT molecular complexity index is 1760. The van der Waals surface area contributed by atoms with E-state index in [1.54, 1.807) is 42.2 Å². The smallest absolute Gasteiger partial charge is 0.264 e. The van der Waals surface area contributed by atoms with Gasteiger partial charge in [-0.1, -0.05) is 48.5 Å². The predicted molar refractivity (Wildman–Crippen MR) is 185 cm³/mol. The lowest BCUT2D eigenvalue weighted by Gasteiger charge is -2.37. The van der Waals surface area contributed by atoms with E-state index in [0.717, 1.165) is 5.56 Å². The molecule has 10 atom stereocenters. The van der Waals surface area contributed by atoms with Gasteiger partial charge in [0, 0.05) is 42.0 Å². The number of aliphatic hydroxyl groups is 5. The van der Waals surface area contributed by atoms with Gasteiger partial charge in [0.1, 0.15) is 18.3 Å². The number of halogens is 1. The van der Waals surface area contributed by atoms with Crippen LogP contribution in [-0.4, -0.2) is 111 Å². The second kappa shape index (κ2) is 14.3. The first-order valence-corrected chi connectivity index (χ1v) is 19.9. The fourth-order valence-electron chi connectivity index (χ4n) is 7.89. The van der Waals surface area contributed by atoms with Gasteiger partial charge in [0.25, 0.3) is 11.8 Å². The van der Waals surface area contributed by atoms with E-state index in [1.807, 2.05) is 37.3 Å². The third kappa shape index (κ3) is 6.55. The number of fused-ring (bicyclic) bond motifs is 2. The fourth-order valence-corrected chi connectivity index (χ4v) is 10.4. The first-order valence-electron chi connectivity index (χ1n) is 16.9. The highest BCUT2D eigenvalue weighted by atomic mass is 28.4. The van der Waals surface area contributed by atoms with Crippen LogP contribution in [-0.2, 0) is 31.2 Å². The molecular formula is C35H44FN5O9Si. The first kappa shape index (κ1) is 36.9. The van der Waals surface area contributed by atoms with Crippen molar-refractivity contribution in [2.24, 2.45) is 5.92 Å². The van der Waals surface area contributed by atoms with Gasteiger partial charge in [-0.25, -0.2) is 0 Å². The molecule has 1 unspecified atom stereocenters. The number of anilines is 2. The van der Waals surface area contributed by atoms with Crippen LogP contribution in [0.4, 0.5) is 15.5 Å². The minimum absolute atomic E-state index is 0.149. The Morgan fingerprint density at radius 3 is 2.53 bits per heavy atom. The summed E-state index contributed by atoms with van der Waals surface area (Å²) in [6.07, 6.45) is -6.17. The molecule has 16 heteroatoms. The zero-order valence-corrected chi connectivity index (χ0v) is 29.5. The summed E-state index contributed by atoms with van der Waals surface area (Å²) in [5.74, 6) is -2.30. The number of amides is 2. The second-order valence-corrected chi connectivity index (χ2v) is 17.8. The fraction of sp³-hybridized carbons (Fsp3) is 0.486. The van der Waals surface area contributed by atoms with Gasteiger partial charge in [0.05, 0.1) is 30.0 Å². The van der Waals surface area contributed by atoms with E-state index in [1.165, 1.54) is 11.0 Å². The molecular weight excluding hydrogens is 681 g/mol. The minimum Gasteiger partial charge on any atom is -0.395 e. The van der Waals surface area contributed by atoms with Gasteiger partial charge in [0.15, 0.2) is 18.0 Å². The van der Waals surface area contributed by atoms with E-state index in [-0.39, 0.29) is 30.7 Å². The summed E-state index contributed by atoms with van der Waals surface area (Å²) >= 11 is 0. The Kier molecular flexibility index (Phi) is 10.3. The Morgan fingerprint density at radius 1 is 1.14 bits per heavy atom. The van der Waals surface area contributed by atoms with Crippen molar-refractivity contribution in [1.29, 1.82) is 0 Å². The summed E-state index contributed by atoms with van der Waals surface area (Å²) in [4.78, 5) is 29.1. The number of aryl methyl sites for hydroxylation is 1. The number of carbonyl (C=O) groups is 2. The van der Waals surface area contributed by atoms with Crippen molar-refractivity contribution in [1.82, 2.24) is 15.0 Å². The molecule has 0 bridgehead atoms. The molecule has 2 amide bonds. The topological polar surface area (TPSA) is 200 Å². The molecule has 274 valence electrons. The lowest BCUT2D eigenvalue weighted by Crippen LogP contribution is -2.60. The van der Waals surface area contributed by atoms with Crippen molar-refractivity contribution in [3.8, 4) is 0 Å². The number of nitrogens with zero attached hydrogens (tertiary/aromatic N) is 4. The Labute approximate surface area is 295 Å². The van der Waals surface area contributed by atoms with Gasteiger partial charge < -0.3 is 49.3 Å². The molecule has 51 heavy (non-hydrogen) atoms. The quantitative estimate of drug-likeness (QED) is 0.0952. The molecule has 2 aromatic carbocycles. The van der Waals surface area contributed by atoms with Crippen LogP contribution in [0.3, 0.4) is 0 Å². The van der Waals surface area contributed by atoms with Gasteiger partial charge in [-0.05, 0) is 43.3 Å². The molecule has 6 N–H and O–H groups in total. The molecule has 0 saturated carbocycles. The van der Waals surface area contributed by atoms with Gasteiger partial charge in [0.2, 0.25) is 8.41 Å². The Morgan fingerprint density at radius 2 is 1.86 bits per heavy atom. The number of carbonyl (C=O) groups excluding carboxylic acids is 2. The second-order valence-electron chi connectivity index (χ2n) is 14.0. The number of benzene rings is 2. The number of ether oxygens (including phenoxy) is 2. The van der Waals surface area contributed by atoms with Crippen molar-refractivity contribution in [2.75, 3.05) is 23.4 Å². The average Bonchev–Trinajstić information content (AvgIpc) is 3.75. The maximum atomic E-state index is 16.3. The minimum atomic E-state index is -3.50. The summed E-state index contributed by atoms with van der Waals surface area (Å²) in [6, 6.07) is 14.2. The summed E-state index contributed by atoms with van der Waals surface area (Å²) in [6.45, 7) is 9.09. The maximum absolute atomic E-state index is 16.3. The van der Waals surface area contributed by atoms with Crippen molar-refractivity contribution in [2.45, 2.75) is 86.9 Å². The highest BCUT2D eigenvalue weighted by Gasteiger charge is 2.66. The number of hydrogen-bond donors (Lipinski definition) is 6. The molecule has 14 nitrogen and oxygen atoms in total. The molecule has 2 saturated heterocycles. The van der Waals surface area contributed by atoms with Crippen LogP contribution >= 0.6 is 0 Å². The lowest BCUT2D eigenvalue weighted by molar-refractivity contribution is -0.274. The summed E-state index contributed by atoms with van der Waals surface area (Å²) in [7, 11) is -3.50. The normalized spacial score (nSPS) is 31.2. The van der Waals surface area contributed by atoms with Crippen molar-refractivity contribution in [3.05, 3.63) is 84.2 Å². The van der Waals surface area contributed by atoms with Crippen molar-refractivity contribution >= 4 is 31.6 Å². The molecule has 0 aliphatic carbocycles. The monoisotopic (exact) mass is 725 g/mol. The Balaban J connectivity index is 1.29. The van der Waals surface area contributed by atoms with Gasteiger partial charge in [-0.15, -0.1) is 11.7 Å². The Hall–Kier alpha value is -3.87. The first-order chi connectivity index (χ1) is 24.2. The molecule has 1 aromatic heterocycles. The molecule has 4 heterocycles. The average molecular weight is 726 g/mol. The van der Waals surface area contributed by atoms with Crippen LogP contribution in [0.2, 0.25) is 18.6 Å².